The zero-order valence-corrected chi connectivity index (χ0v) is 14.8. The minimum atomic E-state index is -0.173. The zero-order valence-electron chi connectivity index (χ0n) is 14.8. The average molecular weight is 351 g/mol. The molecule has 5 rings (SSSR count). The van der Waals surface area contributed by atoms with Gasteiger partial charge in [0.2, 0.25) is 0 Å². The van der Waals surface area contributed by atoms with Gasteiger partial charge in [-0.25, -0.2) is 4.39 Å². The van der Waals surface area contributed by atoms with Crippen molar-refractivity contribution >= 4 is 11.3 Å². The summed E-state index contributed by atoms with van der Waals surface area (Å²) >= 11 is 0. The zero-order chi connectivity index (χ0) is 17.7. The van der Waals surface area contributed by atoms with E-state index in [1.807, 2.05) is 22.8 Å². The Hall–Kier alpha value is -2.50. The van der Waals surface area contributed by atoms with E-state index >= 15 is 0 Å². The molecule has 0 unspecified atom stereocenters. The van der Waals surface area contributed by atoms with E-state index in [2.05, 4.69) is 27.5 Å². The summed E-state index contributed by atoms with van der Waals surface area (Å²) in [5.41, 5.74) is 4.18. The monoisotopic (exact) mass is 351 g/mol. The van der Waals surface area contributed by atoms with Gasteiger partial charge in [0.15, 0.2) is 11.5 Å². The number of aryl methyl sites for hydroxylation is 1. The van der Waals surface area contributed by atoms with Gasteiger partial charge in [0.25, 0.3) is 0 Å². The van der Waals surface area contributed by atoms with Crippen LogP contribution in [0.4, 0.5) is 10.1 Å². The minimum Gasteiger partial charge on any atom is -0.383 e. The van der Waals surface area contributed by atoms with E-state index in [0.717, 1.165) is 48.0 Å². The summed E-state index contributed by atoms with van der Waals surface area (Å²) < 4.78 is 14.9. The molecule has 0 radical (unpaired) electrons. The summed E-state index contributed by atoms with van der Waals surface area (Å²) in [6.07, 6.45) is 6.59. The molecule has 6 heteroatoms. The molecular formula is C20H22FN5. The van der Waals surface area contributed by atoms with Crippen LogP contribution in [-0.4, -0.2) is 26.4 Å². The predicted octanol–water partition coefficient (Wildman–Crippen LogP) is 3.74. The van der Waals surface area contributed by atoms with Crippen LogP contribution in [0.3, 0.4) is 0 Å². The van der Waals surface area contributed by atoms with Crippen molar-refractivity contribution in [1.29, 1.82) is 0 Å². The molecule has 2 atom stereocenters. The molecule has 3 aromatic rings. The number of fused-ring (bicyclic) bond motifs is 1. The first-order valence-electron chi connectivity index (χ1n) is 9.38. The van der Waals surface area contributed by atoms with E-state index in [4.69, 9.17) is 0 Å². The highest BCUT2D eigenvalue weighted by atomic mass is 19.1. The number of aromatic nitrogens is 4. The van der Waals surface area contributed by atoms with Crippen LogP contribution in [0, 0.1) is 24.6 Å². The maximum absolute atomic E-state index is 13.1. The molecule has 2 saturated carbocycles. The van der Waals surface area contributed by atoms with Gasteiger partial charge in [-0.15, -0.1) is 10.2 Å². The quantitative estimate of drug-likeness (QED) is 0.735. The number of nitrogens with zero attached hydrogens (tertiary/aromatic N) is 4. The number of nitrogens with one attached hydrogen (secondary N) is 1. The first-order valence-corrected chi connectivity index (χ1v) is 9.38. The molecule has 1 N–H and O–H groups in total. The lowest BCUT2D eigenvalue weighted by molar-refractivity contribution is 0.627. The second-order valence-electron chi connectivity index (χ2n) is 7.72. The maximum atomic E-state index is 13.1. The number of hydrogen-bond acceptors (Lipinski definition) is 4. The Labute approximate surface area is 151 Å². The lowest BCUT2D eigenvalue weighted by atomic mass is 10.1. The Kier molecular flexibility index (Phi) is 3.65. The second kappa shape index (κ2) is 6.04. The molecule has 2 aromatic heterocycles. The molecule has 26 heavy (non-hydrogen) atoms. The van der Waals surface area contributed by atoms with Gasteiger partial charge in [0.1, 0.15) is 5.82 Å². The van der Waals surface area contributed by atoms with Crippen LogP contribution in [0.2, 0.25) is 0 Å². The number of benzene rings is 1. The van der Waals surface area contributed by atoms with E-state index < -0.39 is 0 Å². The Morgan fingerprint density at radius 2 is 2.00 bits per heavy atom. The standard InChI is InChI=1S/C20H22FN5/c1-12-18(11-23-26-19(8-13-2-3-13)24-25-20(12)26)22-10-15-9-17(15)14-4-6-16(21)7-5-14/h4-7,11,13,15,17,22H,2-3,8-10H2,1H3/t15-,17+/m0/s1. The molecule has 0 amide bonds. The summed E-state index contributed by atoms with van der Waals surface area (Å²) in [4.78, 5) is 0. The molecule has 0 bridgehead atoms. The Balaban J connectivity index is 1.26. The van der Waals surface area contributed by atoms with E-state index in [-0.39, 0.29) is 5.82 Å². The third-order valence-electron chi connectivity index (χ3n) is 5.69. The van der Waals surface area contributed by atoms with Crippen LogP contribution in [0.15, 0.2) is 30.5 Å². The first kappa shape index (κ1) is 15.7. The van der Waals surface area contributed by atoms with Gasteiger partial charge >= 0.3 is 0 Å². The summed E-state index contributed by atoms with van der Waals surface area (Å²) in [6.45, 7) is 2.96. The molecule has 134 valence electrons. The second-order valence-corrected chi connectivity index (χ2v) is 7.72. The van der Waals surface area contributed by atoms with Gasteiger partial charge in [-0.2, -0.15) is 9.61 Å². The average Bonchev–Trinajstić information content (AvgIpc) is 3.55. The topological polar surface area (TPSA) is 55.1 Å². The van der Waals surface area contributed by atoms with E-state index in [0.29, 0.717) is 11.8 Å². The summed E-state index contributed by atoms with van der Waals surface area (Å²) in [5, 5.41) is 16.8. The van der Waals surface area contributed by atoms with Crippen molar-refractivity contribution in [2.24, 2.45) is 11.8 Å². The maximum Gasteiger partial charge on any atom is 0.182 e. The molecule has 2 aliphatic rings. The predicted molar refractivity (Wildman–Crippen MR) is 97.7 cm³/mol. The molecule has 2 fully saturated rings. The van der Waals surface area contributed by atoms with Crippen molar-refractivity contribution in [3.63, 3.8) is 0 Å². The summed E-state index contributed by atoms with van der Waals surface area (Å²) in [6, 6.07) is 6.89. The third kappa shape index (κ3) is 2.93. The van der Waals surface area contributed by atoms with Gasteiger partial charge < -0.3 is 5.32 Å². The minimum absolute atomic E-state index is 0.173. The summed E-state index contributed by atoms with van der Waals surface area (Å²) in [5.74, 6) is 2.67. The molecule has 2 heterocycles. The molecule has 1 aromatic carbocycles. The molecule has 0 spiro atoms. The van der Waals surface area contributed by atoms with Crippen molar-refractivity contribution < 1.29 is 4.39 Å². The highest BCUT2D eigenvalue weighted by Crippen LogP contribution is 2.47. The summed E-state index contributed by atoms with van der Waals surface area (Å²) in [7, 11) is 0. The van der Waals surface area contributed by atoms with Crippen LogP contribution in [0.5, 0.6) is 0 Å². The van der Waals surface area contributed by atoms with Crippen molar-refractivity contribution in [1.82, 2.24) is 19.8 Å². The van der Waals surface area contributed by atoms with Gasteiger partial charge in [-0.3, -0.25) is 0 Å². The van der Waals surface area contributed by atoms with Crippen LogP contribution < -0.4 is 5.32 Å². The largest absolute Gasteiger partial charge is 0.383 e. The van der Waals surface area contributed by atoms with Crippen molar-refractivity contribution in [2.75, 3.05) is 11.9 Å². The van der Waals surface area contributed by atoms with Crippen molar-refractivity contribution in [3.8, 4) is 0 Å². The lowest BCUT2D eigenvalue weighted by Gasteiger charge is -2.10. The Bertz CT molecular complexity index is 945. The van der Waals surface area contributed by atoms with E-state index in [1.54, 1.807) is 12.1 Å². The van der Waals surface area contributed by atoms with Crippen LogP contribution >= 0.6 is 0 Å². The van der Waals surface area contributed by atoms with Crippen LogP contribution in [0.1, 0.15) is 42.1 Å². The van der Waals surface area contributed by atoms with Gasteiger partial charge in [-0.1, -0.05) is 12.1 Å². The molecule has 0 aliphatic heterocycles. The fourth-order valence-corrected chi connectivity index (χ4v) is 3.72. The Morgan fingerprint density at radius 1 is 1.19 bits per heavy atom. The number of rotatable bonds is 6. The highest BCUT2D eigenvalue weighted by Gasteiger charge is 2.38. The number of halogens is 1. The van der Waals surface area contributed by atoms with E-state index in [9.17, 15) is 4.39 Å². The fourth-order valence-electron chi connectivity index (χ4n) is 3.72. The molecule has 5 nitrogen and oxygen atoms in total. The molecule has 2 aliphatic carbocycles. The number of hydrogen-bond donors (Lipinski definition) is 1. The smallest absolute Gasteiger partial charge is 0.182 e. The molecule has 0 saturated heterocycles. The normalized spacial score (nSPS) is 21.9. The molecular weight excluding hydrogens is 329 g/mol. The SMILES string of the molecule is Cc1c(NC[C@@H]2C[C@@H]2c2ccc(F)cc2)cnn2c(CC3CC3)nnc12. The van der Waals surface area contributed by atoms with Gasteiger partial charge in [0, 0.05) is 18.5 Å². The Morgan fingerprint density at radius 3 is 2.77 bits per heavy atom. The third-order valence-corrected chi connectivity index (χ3v) is 5.69. The van der Waals surface area contributed by atoms with Crippen LogP contribution in [0.25, 0.3) is 5.65 Å². The first-order chi connectivity index (χ1) is 12.7. The van der Waals surface area contributed by atoms with Gasteiger partial charge in [-0.05, 0) is 61.6 Å². The fraction of sp³-hybridized carbons (Fsp3) is 0.450. The van der Waals surface area contributed by atoms with E-state index in [1.165, 1.54) is 18.4 Å². The van der Waals surface area contributed by atoms with Gasteiger partial charge in [0.05, 0.1) is 11.9 Å². The highest BCUT2D eigenvalue weighted by molar-refractivity contribution is 5.61. The number of anilines is 1. The lowest BCUT2D eigenvalue weighted by Crippen LogP contribution is -2.09. The van der Waals surface area contributed by atoms with Crippen molar-refractivity contribution in [2.45, 2.75) is 38.5 Å². The van der Waals surface area contributed by atoms with Crippen LogP contribution in [-0.2, 0) is 6.42 Å². The van der Waals surface area contributed by atoms with Crippen molar-refractivity contribution in [3.05, 3.63) is 53.2 Å².